The van der Waals surface area contributed by atoms with E-state index in [2.05, 4.69) is 9.88 Å². The number of carbonyl (C=O) groups excluding carboxylic acids is 1. The van der Waals surface area contributed by atoms with Gasteiger partial charge in [0.25, 0.3) is 0 Å². The van der Waals surface area contributed by atoms with E-state index >= 15 is 0 Å². The van der Waals surface area contributed by atoms with E-state index in [4.69, 9.17) is 0 Å². The van der Waals surface area contributed by atoms with Crippen LogP contribution >= 0.6 is 0 Å². The van der Waals surface area contributed by atoms with Crippen molar-refractivity contribution in [3.8, 4) is 0 Å². The molecule has 126 valence electrons. The quantitative estimate of drug-likeness (QED) is 0.785. The number of aromatic nitrogens is 1. The molecule has 2 fully saturated rings. The van der Waals surface area contributed by atoms with Gasteiger partial charge in [0.1, 0.15) is 5.82 Å². The lowest BCUT2D eigenvalue weighted by molar-refractivity contribution is -0.131. The van der Waals surface area contributed by atoms with Gasteiger partial charge in [-0.1, -0.05) is 6.07 Å². The van der Waals surface area contributed by atoms with Crippen molar-refractivity contribution in [2.24, 2.45) is 0 Å². The third kappa shape index (κ3) is 3.81. The predicted octanol–water partition coefficient (Wildman–Crippen LogP) is 0.156. The van der Waals surface area contributed by atoms with Crippen molar-refractivity contribution in [1.82, 2.24) is 14.2 Å². The summed E-state index contributed by atoms with van der Waals surface area (Å²) in [6.45, 7) is 3.07. The highest BCUT2D eigenvalue weighted by molar-refractivity contribution is 7.89. The second-order valence-corrected chi connectivity index (χ2v) is 8.00. The highest BCUT2D eigenvalue weighted by Gasteiger charge is 2.30. The lowest BCUT2D eigenvalue weighted by Gasteiger charge is -2.36. The number of amides is 1. The van der Waals surface area contributed by atoms with E-state index in [1.807, 2.05) is 18.2 Å². The lowest BCUT2D eigenvalue weighted by atomic mass is 10.3. The molecule has 0 N–H and O–H groups in total. The standard InChI is InChI=1S/C15H22N4O3S/c20-15(13-19-7-3-4-12-23(19,21)22)18-10-8-17(9-11-18)14-5-1-2-6-16-14/h1-2,5-6H,3-4,7-13H2. The molecule has 1 aromatic heterocycles. The summed E-state index contributed by atoms with van der Waals surface area (Å²) in [6, 6.07) is 5.78. The minimum atomic E-state index is -3.25. The number of carbonyl (C=O) groups is 1. The van der Waals surface area contributed by atoms with Crippen LogP contribution in [0.2, 0.25) is 0 Å². The first-order valence-corrected chi connectivity index (χ1v) is 9.59. The molecule has 3 rings (SSSR count). The molecule has 0 atom stereocenters. The van der Waals surface area contributed by atoms with Crippen molar-refractivity contribution in [1.29, 1.82) is 0 Å². The molecule has 0 unspecified atom stereocenters. The van der Waals surface area contributed by atoms with E-state index in [0.29, 0.717) is 26.1 Å². The van der Waals surface area contributed by atoms with Gasteiger partial charge in [0.15, 0.2) is 0 Å². The Hall–Kier alpha value is -1.67. The Morgan fingerprint density at radius 1 is 1.09 bits per heavy atom. The monoisotopic (exact) mass is 338 g/mol. The Morgan fingerprint density at radius 3 is 2.52 bits per heavy atom. The highest BCUT2D eigenvalue weighted by Crippen LogP contribution is 2.15. The Labute approximate surface area is 136 Å². The van der Waals surface area contributed by atoms with Crippen molar-refractivity contribution in [2.75, 3.05) is 49.9 Å². The first-order valence-electron chi connectivity index (χ1n) is 7.98. The lowest BCUT2D eigenvalue weighted by Crippen LogP contribution is -2.52. The van der Waals surface area contributed by atoms with Crippen LogP contribution < -0.4 is 4.90 Å². The molecule has 3 heterocycles. The topological polar surface area (TPSA) is 73.8 Å². The Morgan fingerprint density at radius 2 is 1.87 bits per heavy atom. The van der Waals surface area contributed by atoms with Gasteiger partial charge in [-0.25, -0.2) is 13.4 Å². The minimum absolute atomic E-state index is 0.0219. The van der Waals surface area contributed by atoms with Gasteiger partial charge in [-0.2, -0.15) is 4.31 Å². The summed E-state index contributed by atoms with van der Waals surface area (Å²) in [5.74, 6) is 0.975. The molecule has 0 aliphatic carbocycles. The van der Waals surface area contributed by atoms with Crippen LogP contribution in [-0.2, 0) is 14.8 Å². The molecule has 1 amide bonds. The highest BCUT2D eigenvalue weighted by atomic mass is 32.2. The Kier molecular flexibility index (Phi) is 4.82. The van der Waals surface area contributed by atoms with Gasteiger partial charge in [0, 0.05) is 38.9 Å². The Balaban J connectivity index is 1.54. The number of nitrogens with zero attached hydrogens (tertiary/aromatic N) is 4. The molecule has 2 aliphatic heterocycles. The second-order valence-electron chi connectivity index (χ2n) is 5.91. The van der Waals surface area contributed by atoms with Gasteiger partial charge in [-0.05, 0) is 25.0 Å². The molecule has 0 saturated carbocycles. The van der Waals surface area contributed by atoms with Crippen LogP contribution in [0.15, 0.2) is 24.4 Å². The molecule has 0 spiro atoms. The number of pyridine rings is 1. The summed E-state index contributed by atoms with van der Waals surface area (Å²) in [5, 5.41) is 0. The maximum atomic E-state index is 12.4. The molecule has 2 aliphatic rings. The van der Waals surface area contributed by atoms with E-state index in [-0.39, 0.29) is 18.2 Å². The molecule has 23 heavy (non-hydrogen) atoms. The maximum absolute atomic E-state index is 12.4. The molecule has 7 nitrogen and oxygen atoms in total. The van der Waals surface area contributed by atoms with Crippen LogP contribution in [-0.4, -0.2) is 73.5 Å². The minimum Gasteiger partial charge on any atom is -0.353 e. The summed E-state index contributed by atoms with van der Waals surface area (Å²) in [5.41, 5.74) is 0. The molecular formula is C15H22N4O3S. The smallest absolute Gasteiger partial charge is 0.238 e. The van der Waals surface area contributed by atoms with E-state index < -0.39 is 10.0 Å². The first-order chi connectivity index (χ1) is 11.1. The van der Waals surface area contributed by atoms with Gasteiger partial charge in [0.05, 0.1) is 12.3 Å². The fraction of sp³-hybridized carbons (Fsp3) is 0.600. The molecule has 0 radical (unpaired) electrons. The summed E-state index contributed by atoms with van der Waals surface area (Å²) in [6.07, 6.45) is 3.28. The fourth-order valence-electron chi connectivity index (χ4n) is 2.99. The van der Waals surface area contributed by atoms with Crippen LogP contribution in [0.25, 0.3) is 0 Å². The first kappa shape index (κ1) is 16.2. The zero-order valence-electron chi connectivity index (χ0n) is 13.1. The molecule has 0 aromatic carbocycles. The summed E-state index contributed by atoms with van der Waals surface area (Å²) < 4.78 is 25.3. The van der Waals surface area contributed by atoms with Crippen LogP contribution in [0, 0.1) is 0 Å². The van der Waals surface area contributed by atoms with E-state index in [0.717, 1.165) is 25.3 Å². The Bertz CT molecular complexity index is 642. The molecule has 0 bridgehead atoms. The van der Waals surface area contributed by atoms with Crippen molar-refractivity contribution in [3.05, 3.63) is 24.4 Å². The van der Waals surface area contributed by atoms with Gasteiger partial charge in [-0.3, -0.25) is 4.79 Å². The van der Waals surface area contributed by atoms with Crippen molar-refractivity contribution in [2.45, 2.75) is 12.8 Å². The van der Waals surface area contributed by atoms with E-state index in [9.17, 15) is 13.2 Å². The van der Waals surface area contributed by atoms with Gasteiger partial charge < -0.3 is 9.80 Å². The number of hydrogen-bond acceptors (Lipinski definition) is 5. The van der Waals surface area contributed by atoms with Gasteiger partial charge >= 0.3 is 0 Å². The molecular weight excluding hydrogens is 316 g/mol. The third-order valence-electron chi connectivity index (χ3n) is 4.37. The summed E-state index contributed by atoms with van der Waals surface area (Å²) in [4.78, 5) is 20.6. The normalized spacial score (nSPS) is 22.1. The zero-order valence-corrected chi connectivity index (χ0v) is 13.9. The number of rotatable bonds is 3. The van der Waals surface area contributed by atoms with Crippen LogP contribution in [0.4, 0.5) is 5.82 Å². The van der Waals surface area contributed by atoms with Crippen LogP contribution in [0.3, 0.4) is 0 Å². The van der Waals surface area contributed by atoms with E-state index in [1.54, 1.807) is 11.1 Å². The average Bonchev–Trinajstić information content (AvgIpc) is 2.57. The summed E-state index contributed by atoms with van der Waals surface area (Å²) >= 11 is 0. The summed E-state index contributed by atoms with van der Waals surface area (Å²) in [7, 11) is -3.25. The molecule has 2 saturated heterocycles. The number of piperazine rings is 1. The number of sulfonamides is 1. The fourth-order valence-corrected chi connectivity index (χ4v) is 4.54. The van der Waals surface area contributed by atoms with Crippen molar-refractivity contribution >= 4 is 21.7 Å². The van der Waals surface area contributed by atoms with Crippen molar-refractivity contribution in [3.63, 3.8) is 0 Å². The average molecular weight is 338 g/mol. The SMILES string of the molecule is O=C(CN1CCCCS1(=O)=O)N1CCN(c2ccccn2)CC1. The van der Waals surface area contributed by atoms with Crippen molar-refractivity contribution < 1.29 is 13.2 Å². The number of anilines is 1. The third-order valence-corrected chi connectivity index (χ3v) is 6.27. The van der Waals surface area contributed by atoms with Gasteiger partial charge in [0.2, 0.25) is 15.9 Å². The van der Waals surface area contributed by atoms with E-state index in [1.165, 1.54) is 4.31 Å². The second kappa shape index (κ2) is 6.84. The van der Waals surface area contributed by atoms with Crippen LogP contribution in [0.5, 0.6) is 0 Å². The predicted molar refractivity (Wildman–Crippen MR) is 87.6 cm³/mol. The molecule has 1 aromatic rings. The number of hydrogen-bond donors (Lipinski definition) is 0. The maximum Gasteiger partial charge on any atom is 0.238 e. The molecule has 8 heteroatoms. The van der Waals surface area contributed by atoms with Crippen LogP contribution in [0.1, 0.15) is 12.8 Å². The van der Waals surface area contributed by atoms with Gasteiger partial charge in [-0.15, -0.1) is 0 Å². The zero-order chi connectivity index (χ0) is 16.3. The largest absolute Gasteiger partial charge is 0.353 e.